The van der Waals surface area contributed by atoms with Crippen LogP contribution in [0.25, 0.3) is 0 Å². The third kappa shape index (κ3) is 5.99. The molecule has 6 nitrogen and oxygen atoms in total. The number of benzene rings is 3. The van der Waals surface area contributed by atoms with E-state index < -0.39 is 0 Å². The van der Waals surface area contributed by atoms with Crippen LogP contribution in [0.3, 0.4) is 0 Å². The number of hydrogen-bond donors (Lipinski definition) is 2. The van der Waals surface area contributed by atoms with E-state index in [-0.39, 0.29) is 12.5 Å². The van der Waals surface area contributed by atoms with Gasteiger partial charge in [-0.25, -0.2) is 0 Å². The van der Waals surface area contributed by atoms with E-state index in [9.17, 15) is 4.79 Å². The SMILES string of the molecule is COc1ccc(CNCC(=O)Nc2ccc(Oc3ccccc3)cc2)cc1OC. The number of anilines is 1. The minimum Gasteiger partial charge on any atom is -0.493 e. The van der Waals surface area contributed by atoms with Gasteiger partial charge in [-0.3, -0.25) is 4.79 Å². The highest BCUT2D eigenvalue weighted by molar-refractivity contribution is 5.92. The minimum absolute atomic E-state index is 0.123. The van der Waals surface area contributed by atoms with Crippen LogP contribution < -0.4 is 24.8 Å². The molecule has 6 heteroatoms. The molecule has 0 aliphatic carbocycles. The van der Waals surface area contributed by atoms with E-state index in [0.717, 1.165) is 11.3 Å². The van der Waals surface area contributed by atoms with E-state index in [1.807, 2.05) is 72.8 Å². The van der Waals surface area contributed by atoms with E-state index in [2.05, 4.69) is 10.6 Å². The molecule has 29 heavy (non-hydrogen) atoms. The quantitative estimate of drug-likeness (QED) is 0.571. The molecule has 0 saturated heterocycles. The molecule has 0 aromatic heterocycles. The van der Waals surface area contributed by atoms with Crippen molar-refractivity contribution in [2.45, 2.75) is 6.54 Å². The Bertz CT molecular complexity index is 927. The second-order valence-corrected chi connectivity index (χ2v) is 6.28. The number of methoxy groups -OCH3 is 2. The first-order valence-corrected chi connectivity index (χ1v) is 9.22. The van der Waals surface area contributed by atoms with Gasteiger partial charge in [-0.05, 0) is 54.1 Å². The summed E-state index contributed by atoms with van der Waals surface area (Å²) in [6.07, 6.45) is 0. The maximum atomic E-state index is 12.2. The third-order valence-corrected chi connectivity index (χ3v) is 4.18. The van der Waals surface area contributed by atoms with Crippen molar-refractivity contribution in [3.63, 3.8) is 0 Å². The predicted molar refractivity (Wildman–Crippen MR) is 113 cm³/mol. The van der Waals surface area contributed by atoms with Crippen LogP contribution in [0.5, 0.6) is 23.0 Å². The maximum absolute atomic E-state index is 12.2. The third-order valence-electron chi connectivity index (χ3n) is 4.18. The largest absolute Gasteiger partial charge is 0.493 e. The van der Waals surface area contributed by atoms with Crippen molar-refractivity contribution >= 4 is 11.6 Å². The number of para-hydroxylation sites is 1. The van der Waals surface area contributed by atoms with Crippen molar-refractivity contribution in [2.75, 3.05) is 26.1 Å². The van der Waals surface area contributed by atoms with Gasteiger partial charge in [0.05, 0.1) is 20.8 Å². The molecule has 0 bridgehead atoms. The second-order valence-electron chi connectivity index (χ2n) is 6.28. The van der Waals surface area contributed by atoms with Gasteiger partial charge in [0, 0.05) is 12.2 Å². The van der Waals surface area contributed by atoms with Crippen LogP contribution in [0.15, 0.2) is 72.8 Å². The summed E-state index contributed by atoms with van der Waals surface area (Å²) in [6.45, 7) is 0.730. The molecule has 0 heterocycles. The van der Waals surface area contributed by atoms with Crippen molar-refractivity contribution < 1.29 is 19.0 Å². The first kappa shape index (κ1) is 20.2. The Balaban J connectivity index is 1.46. The molecule has 0 spiro atoms. The Hall–Kier alpha value is -3.51. The van der Waals surface area contributed by atoms with Crippen molar-refractivity contribution in [3.8, 4) is 23.0 Å². The Labute approximate surface area is 170 Å². The van der Waals surface area contributed by atoms with Crippen LogP contribution in [0.4, 0.5) is 5.69 Å². The number of rotatable bonds is 9. The molecule has 0 radical (unpaired) electrons. The lowest BCUT2D eigenvalue weighted by Crippen LogP contribution is -2.27. The normalized spacial score (nSPS) is 10.3. The van der Waals surface area contributed by atoms with Crippen LogP contribution in [0.2, 0.25) is 0 Å². The number of nitrogens with one attached hydrogen (secondary N) is 2. The fourth-order valence-electron chi connectivity index (χ4n) is 2.75. The molecule has 0 saturated carbocycles. The van der Waals surface area contributed by atoms with Gasteiger partial charge in [0.2, 0.25) is 5.91 Å². The van der Waals surface area contributed by atoms with E-state index in [1.54, 1.807) is 14.2 Å². The Morgan fingerprint density at radius 1 is 0.828 bits per heavy atom. The zero-order valence-electron chi connectivity index (χ0n) is 16.5. The van der Waals surface area contributed by atoms with E-state index in [1.165, 1.54) is 0 Å². The lowest BCUT2D eigenvalue weighted by molar-refractivity contribution is -0.115. The first-order valence-electron chi connectivity index (χ1n) is 9.22. The molecule has 2 N–H and O–H groups in total. The van der Waals surface area contributed by atoms with Gasteiger partial charge in [-0.1, -0.05) is 24.3 Å². The zero-order chi connectivity index (χ0) is 20.5. The smallest absolute Gasteiger partial charge is 0.238 e. The van der Waals surface area contributed by atoms with Crippen LogP contribution in [-0.4, -0.2) is 26.7 Å². The lowest BCUT2D eigenvalue weighted by Gasteiger charge is -2.11. The average molecular weight is 392 g/mol. The molecule has 150 valence electrons. The number of ether oxygens (including phenoxy) is 3. The molecule has 3 rings (SSSR count). The number of amides is 1. The summed E-state index contributed by atoms with van der Waals surface area (Å²) in [5.74, 6) is 2.69. The fraction of sp³-hybridized carbons (Fsp3) is 0.174. The molecule has 3 aromatic rings. The molecule has 0 atom stereocenters. The molecule has 0 aliphatic rings. The second kappa shape index (κ2) is 10.1. The zero-order valence-corrected chi connectivity index (χ0v) is 16.5. The Morgan fingerprint density at radius 3 is 2.21 bits per heavy atom. The van der Waals surface area contributed by atoms with Gasteiger partial charge in [0.1, 0.15) is 11.5 Å². The predicted octanol–water partition coefficient (Wildman–Crippen LogP) is 4.22. The van der Waals surface area contributed by atoms with Gasteiger partial charge < -0.3 is 24.8 Å². The standard InChI is InChI=1S/C23H24N2O4/c1-27-21-13-8-17(14-22(21)28-2)15-24-16-23(26)25-18-9-11-20(12-10-18)29-19-6-4-3-5-7-19/h3-14,24H,15-16H2,1-2H3,(H,25,26). The fourth-order valence-corrected chi connectivity index (χ4v) is 2.75. The van der Waals surface area contributed by atoms with Crippen LogP contribution in [0.1, 0.15) is 5.56 Å². The maximum Gasteiger partial charge on any atom is 0.238 e. The Kier molecular flexibility index (Phi) is 7.08. The highest BCUT2D eigenvalue weighted by Crippen LogP contribution is 2.27. The van der Waals surface area contributed by atoms with E-state index in [4.69, 9.17) is 14.2 Å². The van der Waals surface area contributed by atoms with Crippen molar-refractivity contribution in [1.82, 2.24) is 5.32 Å². The molecular weight excluding hydrogens is 368 g/mol. The summed E-state index contributed by atoms with van der Waals surface area (Å²) < 4.78 is 16.3. The Morgan fingerprint density at radius 2 is 1.52 bits per heavy atom. The molecule has 0 fully saturated rings. The van der Waals surface area contributed by atoms with Gasteiger partial charge in [-0.15, -0.1) is 0 Å². The molecule has 0 unspecified atom stereocenters. The lowest BCUT2D eigenvalue weighted by atomic mass is 10.2. The topological polar surface area (TPSA) is 68.8 Å². The van der Waals surface area contributed by atoms with Gasteiger partial charge in [-0.2, -0.15) is 0 Å². The summed E-state index contributed by atoms with van der Waals surface area (Å²) in [5, 5.41) is 5.98. The molecule has 3 aromatic carbocycles. The monoisotopic (exact) mass is 392 g/mol. The minimum atomic E-state index is -0.123. The average Bonchev–Trinajstić information content (AvgIpc) is 2.75. The van der Waals surface area contributed by atoms with Gasteiger partial charge in [0.15, 0.2) is 11.5 Å². The first-order chi connectivity index (χ1) is 14.2. The van der Waals surface area contributed by atoms with E-state index in [0.29, 0.717) is 29.5 Å². The summed E-state index contributed by atoms with van der Waals surface area (Å²) in [4.78, 5) is 12.2. The number of hydrogen-bond acceptors (Lipinski definition) is 5. The van der Waals surface area contributed by atoms with Crippen molar-refractivity contribution in [3.05, 3.63) is 78.4 Å². The highest BCUT2D eigenvalue weighted by atomic mass is 16.5. The molecule has 1 amide bonds. The molecular formula is C23H24N2O4. The number of carbonyl (C=O) groups excluding carboxylic acids is 1. The van der Waals surface area contributed by atoms with Gasteiger partial charge in [0.25, 0.3) is 0 Å². The highest BCUT2D eigenvalue weighted by Gasteiger charge is 2.06. The summed E-state index contributed by atoms with van der Waals surface area (Å²) in [7, 11) is 3.19. The summed E-state index contributed by atoms with van der Waals surface area (Å²) in [5.41, 5.74) is 1.71. The summed E-state index contributed by atoms with van der Waals surface area (Å²) >= 11 is 0. The van der Waals surface area contributed by atoms with Crippen LogP contribution in [-0.2, 0) is 11.3 Å². The van der Waals surface area contributed by atoms with E-state index >= 15 is 0 Å². The van der Waals surface area contributed by atoms with Gasteiger partial charge >= 0.3 is 0 Å². The molecule has 0 aliphatic heterocycles. The van der Waals surface area contributed by atoms with Crippen LogP contribution >= 0.6 is 0 Å². The van der Waals surface area contributed by atoms with Crippen molar-refractivity contribution in [1.29, 1.82) is 0 Å². The van der Waals surface area contributed by atoms with Crippen molar-refractivity contribution in [2.24, 2.45) is 0 Å². The number of carbonyl (C=O) groups is 1. The van der Waals surface area contributed by atoms with Crippen LogP contribution in [0, 0.1) is 0 Å². The summed E-state index contributed by atoms with van der Waals surface area (Å²) in [6, 6.07) is 22.5.